The monoisotopic (exact) mass is 339 g/mol. The third-order valence-corrected chi connectivity index (χ3v) is 4.72. The second-order valence-corrected chi connectivity index (χ2v) is 6.41. The first-order valence-corrected chi connectivity index (χ1v) is 8.86. The van der Waals surface area contributed by atoms with Crippen LogP contribution >= 0.6 is 0 Å². The van der Waals surface area contributed by atoms with Crippen LogP contribution in [0.25, 0.3) is 0 Å². The predicted molar refractivity (Wildman–Crippen MR) is 98.1 cm³/mol. The summed E-state index contributed by atoms with van der Waals surface area (Å²) < 4.78 is 10.9. The molecule has 0 bridgehead atoms. The van der Waals surface area contributed by atoms with Crippen LogP contribution in [0.3, 0.4) is 0 Å². The van der Waals surface area contributed by atoms with Gasteiger partial charge in [0, 0.05) is 19.0 Å². The second-order valence-electron chi connectivity index (χ2n) is 6.41. The van der Waals surface area contributed by atoms with E-state index in [1.807, 2.05) is 47.4 Å². The number of nitrogens with zero attached hydrogens (tertiary/aromatic N) is 1. The first-order valence-electron chi connectivity index (χ1n) is 8.86. The molecule has 3 rings (SSSR count). The summed E-state index contributed by atoms with van der Waals surface area (Å²) >= 11 is 0. The molecule has 1 aliphatic heterocycles. The van der Waals surface area contributed by atoms with Gasteiger partial charge >= 0.3 is 0 Å². The Morgan fingerprint density at radius 1 is 1.04 bits per heavy atom. The lowest BCUT2D eigenvalue weighted by molar-refractivity contribution is -0.133. The highest BCUT2D eigenvalue weighted by atomic mass is 16.5. The molecule has 1 heterocycles. The van der Waals surface area contributed by atoms with Gasteiger partial charge in [0.25, 0.3) is 5.91 Å². The van der Waals surface area contributed by atoms with Gasteiger partial charge in [-0.05, 0) is 42.7 Å². The Morgan fingerprint density at radius 3 is 2.52 bits per heavy atom. The molecule has 4 nitrogen and oxygen atoms in total. The smallest absolute Gasteiger partial charge is 0.260 e. The highest BCUT2D eigenvalue weighted by Gasteiger charge is 2.23. The Labute approximate surface area is 149 Å². The van der Waals surface area contributed by atoms with E-state index in [2.05, 4.69) is 12.1 Å². The van der Waals surface area contributed by atoms with Crippen molar-refractivity contribution in [3.63, 3.8) is 0 Å². The number of methoxy groups -OCH3 is 1. The molecule has 0 aliphatic carbocycles. The molecular formula is C21H25NO3. The summed E-state index contributed by atoms with van der Waals surface area (Å²) in [4.78, 5) is 14.5. The zero-order valence-corrected chi connectivity index (χ0v) is 14.7. The fourth-order valence-electron chi connectivity index (χ4n) is 3.27. The van der Waals surface area contributed by atoms with Crippen molar-refractivity contribution < 1.29 is 14.3 Å². The lowest BCUT2D eigenvalue weighted by Gasteiger charge is -2.25. The number of hydrogen-bond donors (Lipinski definition) is 0. The summed E-state index contributed by atoms with van der Waals surface area (Å²) in [7, 11) is 1.67. The molecule has 1 aliphatic rings. The molecule has 0 aromatic heterocycles. The van der Waals surface area contributed by atoms with Crippen LogP contribution < -0.4 is 9.47 Å². The minimum atomic E-state index is 0.0595. The van der Waals surface area contributed by atoms with Crippen molar-refractivity contribution >= 4 is 5.91 Å². The molecule has 132 valence electrons. The van der Waals surface area contributed by atoms with Crippen LogP contribution in [-0.4, -0.2) is 37.6 Å². The largest absolute Gasteiger partial charge is 0.497 e. The summed E-state index contributed by atoms with van der Waals surface area (Å²) in [5.41, 5.74) is 1.27. The van der Waals surface area contributed by atoms with Gasteiger partial charge in [-0.15, -0.1) is 0 Å². The number of ether oxygens (including phenoxy) is 2. The molecule has 25 heavy (non-hydrogen) atoms. The molecule has 1 atom stereocenters. The number of para-hydroxylation sites is 1. The van der Waals surface area contributed by atoms with Crippen LogP contribution in [0.2, 0.25) is 0 Å². The van der Waals surface area contributed by atoms with E-state index in [-0.39, 0.29) is 12.5 Å². The third-order valence-electron chi connectivity index (χ3n) is 4.72. The van der Waals surface area contributed by atoms with E-state index in [1.165, 1.54) is 5.56 Å². The van der Waals surface area contributed by atoms with Crippen LogP contribution in [0.5, 0.6) is 11.5 Å². The molecule has 0 N–H and O–H groups in total. The molecule has 2 aromatic carbocycles. The zero-order chi connectivity index (χ0) is 17.5. The van der Waals surface area contributed by atoms with Crippen molar-refractivity contribution in [1.29, 1.82) is 0 Å². The Hall–Kier alpha value is -2.49. The van der Waals surface area contributed by atoms with E-state index in [9.17, 15) is 4.79 Å². The number of amides is 1. The number of carbonyl (C=O) groups excluding carboxylic acids is 1. The number of carbonyl (C=O) groups is 1. The van der Waals surface area contributed by atoms with Crippen LogP contribution in [0.1, 0.15) is 30.7 Å². The zero-order valence-electron chi connectivity index (χ0n) is 14.7. The summed E-state index contributed by atoms with van der Waals surface area (Å²) in [6, 6.07) is 17.7. The van der Waals surface area contributed by atoms with Crippen molar-refractivity contribution in [2.24, 2.45) is 0 Å². The van der Waals surface area contributed by atoms with Crippen LogP contribution in [0.15, 0.2) is 54.6 Å². The van der Waals surface area contributed by atoms with E-state index in [4.69, 9.17) is 9.47 Å². The first-order chi connectivity index (χ1) is 12.3. The fraction of sp³-hybridized carbons (Fsp3) is 0.381. The van der Waals surface area contributed by atoms with Gasteiger partial charge in [0.2, 0.25) is 0 Å². The van der Waals surface area contributed by atoms with Gasteiger partial charge < -0.3 is 14.4 Å². The average molecular weight is 339 g/mol. The highest BCUT2D eigenvalue weighted by molar-refractivity contribution is 5.77. The normalized spacial score (nSPS) is 17.6. The van der Waals surface area contributed by atoms with E-state index >= 15 is 0 Å². The van der Waals surface area contributed by atoms with Gasteiger partial charge in [-0.1, -0.05) is 36.8 Å². The van der Waals surface area contributed by atoms with E-state index in [1.54, 1.807) is 7.11 Å². The van der Waals surface area contributed by atoms with Crippen molar-refractivity contribution in [2.75, 3.05) is 26.8 Å². The van der Waals surface area contributed by atoms with Crippen molar-refractivity contribution in [3.05, 3.63) is 60.2 Å². The lowest BCUT2D eigenvalue weighted by Crippen LogP contribution is -2.37. The summed E-state index contributed by atoms with van der Waals surface area (Å²) in [6.07, 6.45) is 3.29. The molecule has 1 amide bonds. The molecule has 2 aromatic rings. The van der Waals surface area contributed by atoms with Gasteiger partial charge in [-0.3, -0.25) is 4.79 Å². The Bertz CT molecular complexity index is 669. The molecular weight excluding hydrogens is 314 g/mol. The quantitative estimate of drug-likeness (QED) is 0.830. The standard InChI is InChI=1S/C21H25NO3/c1-24-19-12-10-17(11-13-19)18-7-5-6-14-22(15-18)21(23)16-25-20-8-3-2-4-9-20/h2-4,8-13,18H,5-7,14-16H2,1H3. The molecule has 0 spiro atoms. The van der Waals surface area contributed by atoms with Gasteiger partial charge in [-0.25, -0.2) is 0 Å². The third kappa shape index (κ3) is 4.75. The number of likely N-dealkylation sites (tertiary alicyclic amines) is 1. The van der Waals surface area contributed by atoms with E-state index < -0.39 is 0 Å². The molecule has 1 fully saturated rings. The van der Waals surface area contributed by atoms with E-state index in [0.717, 1.165) is 43.9 Å². The Morgan fingerprint density at radius 2 is 1.80 bits per heavy atom. The minimum Gasteiger partial charge on any atom is -0.497 e. The maximum atomic E-state index is 12.6. The highest BCUT2D eigenvalue weighted by Crippen LogP contribution is 2.28. The SMILES string of the molecule is COc1ccc(C2CCCCN(C(=O)COc3ccccc3)C2)cc1. The number of rotatable bonds is 5. The number of benzene rings is 2. The van der Waals surface area contributed by atoms with Crippen molar-refractivity contribution in [1.82, 2.24) is 4.90 Å². The fourth-order valence-corrected chi connectivity index (χ4v) is 3.27. The van der Waals surface area contributed by atoms with E-state index in [0.29, 0.717) is 5.92 Å². The van der Waals surface area contributed by atoms with Crippen molar-refractivity contribution in [3.8, 4) is 11.5 Å². The predicted octanol–water partition coefficient (Wildman–Crippen LogP) is 3.87. The minimum absolute atomic E-state index is 0.0595. The van der Waals surface area contributed by atoms with Crippen molar-refractivity contribution in [2.45, 2.75) is 25.2 Å². The number of hydrogen-bond acceptors (Lipinski definition) is 3. The Balaban J connectivity index is 1.61. The molecule has 0 radical (unpaired) electrons. The lowest BCUT2D eigenvalue weighted by atomic mass is 9.94. The molecule has 4 heteroatoms. The molecule has 1 saturated heterocycles. The summed E-state index contributed by atoms with van der Waals surface area (Å²) in [6.45, 7) is 1.66. The molecule has 0 saturated carbocycles. The van der Waals surface area contributed by atoms with Gasteiger partial charge in [0.05, 0.1) is 7.11 Å². The first kappa shape index (κ1) is 17.3. The molecule has 1 unspecified atom stereocenters. The summed E-state index contributed by atoms with van der Waals surface area (Å²) in [5.74, 6) is 2.03. The maximum Gasteiger partial charge on any atom is 0.260 e. The van der Waals surface area contributed by atoms with Gasteiger partial charge in [-0.2, -0.15) is 0 Å². The average Bonchev–Trinajstić information content (AvgIpc) is 2.93. The van der Waals surface area contributed by atoms with Crippen LogP contribution in [-0.2, 0) is 4.79 Å². The topological polar surface area (TPSA) is 38.8 Å². The maximum absolute atomic E-state index is 12.6. The van der Waals surface area contributed by atoms with Gasteiger partial charge in [0.1, 0.15) is 11.5 Å². The Kier molecular flexibility index (Phi) is 5.94. The van der Waals surface area contributed by atoms with Crippen LogP contribution in [0, 0.1) is 0 Å². The van der Waals surface area contributed by atoms with Gasteiger partial charge in [0.15, 0.2) is 6.61 Å². The van der Waals surface area contributed by atoms with Crippen LogP contribution in [0.4, 0.5) is 0 Å². The second kappa shape index (κ2) is 8.56. The summed E-state index contributed by atoms with van der Waals surface area (Å²) in [5, 5.41) is 0.